The maximum absolute atomic E-state index is 5.36. The molecule has 0 amide bonds. The summed E-state index contributed by atoms with van der Waals surface area (Å²) in [4.78, 5) is 8.22. The number of aryl methyl sites for hydroxylation is 1. The van der Waals surface area contributed by atoms with E-state index in [1.54, 1.807) is 0 Å². The van der Waals surface area contributed by atoms with Crippen molar-refractivity contribution >= 4 is 40.8 Å². The Kier molecular flexibility index (Phi) is 9.14. The van der Waals surface area contributed by atoms with Gasteiger partial charge in [-0.3, -0.25) is 4.99 Å². The van der Waals surface area contributed by atoms with Crippen LogP contribution in [-0.4, -0.2) is 43.8 Å². The van der Waals surface area contributed by atoms with Crippen molar-refractivity contribution in [3.8, 4) is 0 Å². The van der Waals surface area contributed by atoms with Crippen LogP contribution in [0.1, 0.15) is 31.0 Å². The fraction of sp³-hybridized carbons (Fsp3) is 0.476. The molecule has 0 spiro atoms. The lowest BCUT2D eigenvalue weighted by molar-refractivity contribution is 0.153. The summed E-state index contributed by atoms with van der Waals surface area (Å²) in [6, 6.07) is 8.48. The summed E-state index contributed by atoms with van der Waals surface area (Å²) in [6.07, 6.45) is 5.24. The Morgan fingerprint density at radius 1 is 1.22 bits per heavy atom. The number of aliphatic imine (C=N–C) groups is 1. The van der Waals surface area contributed by atoms with Crippen LogP contribution in [0.25, 0.3) is 10.9 Å². The van der Waals surface area contributed by atoms with Gasteiger partial charge in [0.25, 0.3) is 0 Å². The maximum Gasteiger partial charge on any atom is 0.191 e. The van der Waals surface area contributed by atoms with Gasteiger partial charge >= 0.3 is 0 Å². The summed E-state index contributed by atoms with van der Waals surface area (Å²) in [5, 5.41) is 8.10. The average molecular weight is 482 g/mol. The number of ether oxygens (including phenoxy) is 1. The van der Waals surface area contributed by atoms with E-state index in [1.807, 2.05) is 0 Å². The van der Waals surface area contributed by atoms with E-state index < -0.39 is 0 Å². The van der Waals surface area contributed by atoms with Gasteiger partial charge in [0.15, 0.2) is 5.96 Å². The van der Waals surface area contributed by atoms with Crippen LogP contribution in [0, 0.1) is 6.92 Å². The topological polar surface area (TPSA) is 61.4 Å². The van der Waals surface area contributed by atoms with Gasteiger partial charge in [0.05, 0.1) is 13.2 Å². The summed E-state index contributed by atoms with van der Waals surface area (Å²) >= 11 is 0. The van der Waals surface area contributed by atoms with Crippen molar-refractivity contribution in [3.63, 3.8) is 0 Å². The molecule has 0 aliphatic carbocycles. The molecule has 148 valence electrons. The largest absolute Gasteiger partial charge is 0.377 e. The van der Waals surface area contributed by atoms with E-state index in [-0.39, 0.29) is 24.0 Å². The molecular weight excluding hydrogens is 451 g/mol. The predicted octanol–water partition coefficient (Wildman–Crippen LogP) is 3.93. The van der Waals surface area contributed by atoms with Gasteiger partial charge in [-0.15, -0.1) is 24.0 Å². The van der Waals surface area contributed by atoms with Crippen LogP contribution in [-0.2, 0) is 11.2 Å². The molecule has 1 aliphatic rings. The lowest BCUT2D eigenvalue weighted by Crippen LogP contribution is -2.38. The van der Waals surface area contributed by atoms with Crippen LogP contribution in [0.15, 0.2) is 40.9 Å². The number of H-pyrrole nitrogens is 1. The Morgan fingerprint density at radius 2 is 2.07 bits per heavy atom. The van der Waals surface area contributed by atoms with E-state index in [9.17, 15) is 0 Å². The number of benzene rings is 1. The first-order valence-corrected chi connectivity index (χ1v) is 9.62. The highest BCUT2D eigenvalue weighted by molar-refractivity contribution is 14.0. The van der Waals surface area contributed by atoms with E-state index in [1.165, 1.54) is 27.7 Å². The monoisotopic (exact) mass is 482 g/mol. The number of nitrogens with zero attached hydrogens (tertiary/aromatic N) is 1. The highest BCUT2D eigenvalue weighted by Gasteiger charge is 2.08. The standard InChI is InChI=1S/C21H30N4O.HI/c1-3-22-21(23-12-8-17-10-14-26-15-11-17)24-13-9-18-16(2)25-20-7-5-4-6-19(18)20;/h4-7,10,25H,3,8-9,11-15H2,1-2H3,(H2,22,23,24);1H. The zero-order valence-corrected chi connectivity index (χ0v) is 18.6. The second-order valence-electron chi connectivity index (χ2n) is 6.65. The third-order valence-electron chi connectivity index (χ3n) is 4.80. The van der Waals surface area contributed by atoms with Gasteiger partial charge in [0, 0.05) is 36.2 Å². The normalized spacial score (nSPS) is 14.6. The molecule has 6 heteroatoms. The fourth-order valence-corrected chi connectivity index (χ4v) is 3.41. The van der Waals surface area contributed by atoms with E-state index in [2.05, 4.69) is 59.8 Å². The first-order valence-electron chi connectivity index (χ1n) is 9.62. The first-order chi connectivity index (χ1) is 12.8. The molecule has 0 unspecified atom stereocenters. The molecule has 1 aromatic carbocycles. The van der Waals surface area contributed by atoms with E-state index in [4.69, 9.17) is 9.73 Å². The molecule has 2 aromatic rings. The Hall–Kier alpha value is -1.54. The number of halogens is 1. The van der Waals surface area contributed by atoms with E-state index in [0.29, 0.717) is 0 Å². The van der Waals surface area contributed by atoms with Crippen LogP contribution >= 0.6 is 24.0 Å². The smallest absolute Gasteiger partial charge is 0.191 e. The Balaban J connectivity index is 0.00000261. The second kappa shape index (κ2) is 11.3. The summed E-state index contributed by atoms with van der Waals surface area (Å²) in [6.45, 7) is 8.40. The van der Waals surface area contributed by atoms with Crippen LogP contribution in [0.5, 0.6) is 0 Å². The highest BCUT2D eigenvalue weighted by Crippen LogP contribution is 2.22. The zero-order chi connectivity index (χ0) is 18.2. The van der Waals surface area contributed by atoms with Crippen LogP contribution in [0.3, 0.4) is 0 Å². The van der Waals surface area contributed by atoms with Crippen molar-refractivity contribution in [2.24, 2.45) is 4.99 Å². The molecule has 0 atom stereocenters. The molecule has 0 bridgehead atoms. The summed E-state index contributed by atoms with van der Waals surface area (Å²) < 4.78 is 5.36. The number of fused-ring (bicyclic) bond motifs is 1. The second-order valence-corrected chi connectivity index (χ2v) is 6.65. The number of para-hydroxylation sites is 1. The van der Waals surface area contributed by atoms with E-state index in [0.717, 1.165) is 58.1 Å². The molecule has 2 heterocycles. The number of aromatic amines is 1. The lowest BCUT2D eigenvalue weighted by atomic mass is 10.1. The molecule has 0 saturated heterocycles. The van der Waals surface area contributed by atoms with Gasteiger partial charge in [-0.25, -0.2) is 0 Å². The molecule has 3 rings (SSSR count). The minimum atomic E-state index is 0. The number of rotatable bonds is 7. The maximum atomic E-state index is 5.36. The van der Waals surface area contributed by atoms with Crippen molar-refractivity contribution in [1.82, 2.24) is 15.6 Å². The Morgan fingerprint density at radius 3 is 2.85 bits per heavy atom. The molecule has 0 saturated carbocycles. The summed E-state index contributed by atoms with van der Waals surface area (Å²) in [5.41, 5.74) is 5.30. The first kappa shape index (κ1) is 21.8. The molecule has 0 radical (unpaired) electrons. The Labute approximate surface area is 179 Å². The van der Waals surface area contributed by atoms with Crippen molar-refractivity contribution in [3.05, 3.63) is 47.2 Å². The zero-order valence-electron chi connectivity index (χ0n) is 16.3. The lowest BCUT2D eigenvalue weighted by Gasteiger charge is -2.15. The average Bonchev–Trinajstić information content (AvgIpc) is 2.98. The van der Waals surface area contributed by atoms with Gasteiger partial charge in [0.2, 0.25) is 0 Å². The molecule has 3 N–H and O–H groups in total. The fourth-order valence-electron chi connectivity index (χ4n) is 3.41. The van der Waals surface area contributed by atoms with Crippen molar-refractivity contribution in [1.29, 1.82) is 0 Å². The predicted molar refractivity (Wildman–Crippen MR) is 124 cm³/mol. The van der Waals surface area contributed by atoms with Crippen LogP contribution < -0.4 is 10.6 Å². The molecule has 0 fully saturated rings. The molecule has 5 nitrogen and oxygen atoms in total. The molecular formula is C21H31IN4O. The molecule has 27 heavy (non-hydrogen) atoms. The van der Waals surface area contributed by atoms with Gasteiger partial charge < -0.3 is 20.4 Å². The number of hydrogen-bond donors (Lipinski definition) is 3. The number of aromatic nitrogens is 1. The Bertz CT molecular complexity index is 782. The van der Waals surface area contributed by atoms with Crippen molar-refractivity contribution < 1.29 is 4.74 Å². The highest BCUT2D eigenvalue weighted by atomic mass is 127. The molecule has 1 aromatic heterocycles. The van der Waals surface area contributed by atoms with Crippen molar-refractivity contribution in [2.45, 2.75) is 33.1 Å². The van der Waals surface area contributed by atoms with Crippen LogP contribution in [0.2, 0.25) is 0 Å². The third-order valence-corrected chi connectivity index (χ3v) is 4.80. The minimum Gasteiger partial charge on any atom is -0.377 e. The van der Waals surface area contributed by atoms with E-state index >= 15 is 0 Å². The van der Waals surface area contributed by atoms with Gasteiger partial charge in [-0.1, -0.05) is 29.8 Å². The number of guanidine groups is 1. The van der Waals surface area contributed by atoms with Gasteiger partial charge in [-0.2, -0.15) is 0 Å². The number of hydrogen-bond acceptors (Lipinski definition) is 2. The summed E-state index contributed by atoms with van der Waals surface area (Å²) in [5.74, 6) is 0.901. The minimum absolute atomic E-state index is 0. The number of nitrogens with one attached hydrogen (secondary N) is 3. The van der Waals surface area contributed by atoms with Gasteiger partial charge in [0.1, 0.15) is 0 Å². The van der Waals surface area contributed by atoms with Crippen LogP contribution in [0.4, 0.5) is 0 Å². The quantitative estimate of drug-likeness (QED) is 0.243. The van der Waals surface area contributed by atoms with Crippen molar-refractivity contribution in [2.75, 3.05) is 32.8 Å². The SMILES string of the molecule is CCNC(=NCCc1c(C)[nH]c2ccccc12)NCCC1=CCOCC1.I. The third kappa shape index (κ3) is 6.24. The summed E-state index contributed by atoms with van der Waals surface area (Å²) in [7, 11) is 0. The van der Waals surface area contributed by atoms with Gasteiger partial charge in [-0.05, 0) is 44.7 Å². The molecule has 1 aliphatic heterocycles.